The van der Waals surface area contributed by atoms with Gasteiger partial charge in [-0.1, -0.05) is 60.7 Å². The van der Waals surface area contributed by atoms with E-state index in [9.17, 15) is 9.90 Å². The van der Waals surface area contributed by atoms with Gasteiger partial charge in [-0.25, -0.2) is 9.69 Å². The molecule has 1 N–H and O–H groups in total. The number of nitrogens with zero attached hydrogens (tertiary/aromatic N) is 1. The van der Waals surface area contributed by atoms with Crippen LogP contribution in [0.3, 0.4) is 0 Å². The molecule has 7 heteroatoms. The lowest BCUT2D eigenvalue weighted by molar-refractivity contribution is 0.205. The summed E-state index contributed by atoms with van der Waals surface area (Å²) in [4.78, 5) is 13.6. The Morgan fingerprint density at radius 3 is 1.53 bits per heavy atom. The van der Waals surface area contributed by atoms with Gasteiger partial charge < -0.3 is 23.4 Å². The average molecular weight is 506 g/mol. The Morgan fingerprint density at radius 1 is 0.658 bits per heavy atom. The fourth-order valence-electron chi connectivity index (χ4n) is 4.33. The van der Waals surface area contributed by atoms with Gasteiger partial charge in [0.2, 0.25) is 0 Å². The molecule has 0 unspecified atom stereocenters. The Morgan fingerprint density at radius 2 is 1.11 bits per heavy atom. The van der Waals surface area contributed by atoms with Crippen molar-refractivity contribution in [2.75, 3.05) is 4.90 Å². The maximum absolute atomic E-state index is 12.4. The van der Waals surface area contributed by atoms with Crippen LogP contribution in [0.2, 0.25) is 0 Å². The highest BCUT2D eigenvalue weighted by atomic mass is 16.5. The second kappa shape index (κ2) is 10.1. The summed E-state index contributed by atoms with van der Waals surface area (Å²) >= 11 is 0. The molecule has 0 saturated heterocycles. The molecule has 0 aliphatic rings. The highest BCUT2D eigenvalue weighted by molar-refractivity contribution is 6.09. The van der Waals surface area contributed by atoms with E-state index in [-0.39, 0.29) is 0 Å². The first-order valence-electron chi connectivity index (χ1n) is 12.0. The zero-order chi connectivity index (χ0) is 25.9. The fraction of sp³-hybridized carbons (Fsp3) is 0.0645. The normalized spacial score (nSPS) is 11.1. The van der Waals surface area contributed by atoms with Crippen LogP contribution < -0.4 is 14.4 Å². The molecule has 0 radical (unpaired) electrons. The number of ether oxygens (including phenoxy) is 2. The van der Waals surface area contributed by atoms with Crippen molar-refractivity contribution in [2.45, 2.75) is 13.2 Å². The van der Waals surface area contributed by atoms with E-state index in [0.29, 0.717) is 58.0 Å². The molecular weight excluding hydrogens is 482 g/mol. The molecule has 0 aliphatic heterocycles. The first-order valence-corrected chi connectivity index (χ1v) is 12.0. The molecule has 2 heterocycles. The molecule has 188 valence electrons. The third-order valence-electron chi connectivity index (χ3n) is 6.22. The number of fused-ring (bicyclic) bond motifs is 2. The number of rotatable bonds is 8. The van der Waals surface area contributed by atoms with Crippen LogP contribution in [-0.4, -0.2) is 11.2 Å². The van der Waals surface area contributed by atoms with Gasteiger partial charge in [-0.05, 0) is 35.4 Å². The first kappa shape index (κ1) is 23.2. The zero-order valence-corrected chi connectivity index (χ0v) is 20.2. The van der Waals surface area contributed by atoms with E-state index in [2.05, 4.69) is 0 Å². The van der Waals surface area contributed by atoms with Gasteiger partial charge in [0.15, 0.2) is 0 Å². The Bertz CT molecular complexity index is 1580. The lowest BCUT2D eigenvalue weighted by Gasteiger charge is -2.16. The molecule has 1 amide bonds. The van der Waals surface area contributed by atoms with Gasteiger partial charge in [0, 0.05) is 22.9 Å². The topological polar surface area (TPSA) is 85.3 Å². The minimum Gasteiger partial charge on any atom is -0.489 e. The minimum absolute atomic E-state index is 0.384. The molecule has 0 bridgehead atoms. The number of carboxylic acid groups (broad SMARTS) is 1. The van der Waals surface area contributed by atoms with Crippen LogP contribution in [0, 0.1) is 0 Å². The van der Waals surface area contributed by atoms with Crippen molar-refractivity contribution in [1.29, 1.82) is 0 Å². The molecule has 0 spiro atoms. The van der Waals surface area contributed by atoms with Crippen LogP contribution in [0.1, 0.15) is 11.1 Å². The Balaban J connectivity index is 1.26. The molecule has 0 saturated carbocycles. The van der Waals surface area contributed by atoms with Gasteiger partial charge in [0.05, 0.1) is 11.4 Å². The third kappa shape index (κ3) is 4.65. The number of hydrogen-bond donors (Lipinski definition) is 1. The van der Waals surface area contributed by atoms with E-state index in [1.807, 2.05) is 60.7 Å². The van der Waals surface area contributed by atoms with E-state index in [1.54, 1.807) is 36.4 Å². The second-order valence-corrected chi connectivity index (χ2v) is 8.72. The Kier molecular flexibility index (Phi) is 6.16. The Hall–Kier alpha value is -5.17. The van der Waals surface area contributed by atoms with Crippen LogP contribution in [0.5, 0.6) is 11.5 Å². The number of hydrogen-bond acceptors (Lipinski definition) is 5. The molecule has 0 fully saturated rings. The predicted molar refractivity (Wildman–Crippen MR) is 144 cm³/mol. The summed E-state index contributed by atoms with van der Waals surface area (Å²) in [5.41, 5.74) is 3.89. The summed E-state index contributed by atoms with van der Waals surface area (Å²) in [5, 5.41) is 11.4. The van der Waals surface area contributed by atoms with E-state index in [4.69, 9.17) is 18.3 Å². The minimum atomic E-state index is -1.16. The van der Waals surface area contributed by atoms with E-state index in [1.165, 1.54) is 12.5 Å². The maximum Gasteiger partial charge on any atom is 0.416 e. The first-order chi connectivity index (χ1) is 18.7. The third-order valence-corrected chi connectivity index (χ3v) is 6.22. The Labute approximate surface area is 218 Å². The summed E-state index contributed by atoms with van der Waals surface area (Å²) in [6, 6.07) is 30.4. The van der Waals surface area contributed by atoms with Crippen LogP contribution in [0.4, 0.5) is 16.2 Å². The van der Waals surface area contributed by atoms with E-state index < -0.39 is 6.09 Å². The SMILES string of the molecule is O=C(O)N(c1coc2cc(OCc3ccccc3)ccc12)c1coc2cc(OCc3ccccc3)ccc12. The quantitative estimate of drug-likeness (QED) is 0.225. The molecule has 2 aromatic heterocycles. The molecule has 4 aromatic carbocycles. The van der Waals surface area contributed by atoms with Crippen molar-refractivity contribution in [2.24, 2.45) is 0 Å². The summed E-state index contributed by atoms with van der Waals surface area (Å²) in [6.45, 7) is 0.832. The zero-order valence-electron chi connectivity index (χ0n) is 20.2. The second-order valence-electron chi connectivity index (χ2n) is 8.72. The van der Waals surface area contributed by atoms with Crippen molar-refractivity contribution >= 4 is 39.4 Å². The van der Waals surface area contributed by atoms with Gasteiger partial charge in [-0.15, -0.1) is 0 Å². The van der Waals surface area contributed by atoms with Crippen molar-refractivity contribution < 1.29 is 28.2 Å². The summed E-state index contributed by atoms with van der Waals surface area (Å²) < 4.78 is 23.3. The van der Waals surface area contributed by atoms with E-state index >= 15 is 0 Å². The average Bonchev–Trinajstić information content (AvgIpc) is 3.56. The van der Waals surface area contributed by atoms with Crippen LogP contribution >= 0.6 is 0 Å². The van der Waals surface area contributed by atoms with Gasteiger partial charge in [0.1, 0.15) is 48.4 Å². The monoisotopic (exact) mass is 505 g/mol. The van der Waals surface area contributed by atoms with Crippen molar-refractivity contribution in [3.8, 4) is 11.5 Å². The van der Waals surface area contributed by atoms with Crippen LogP contribution in [0.25, 0.3) is 21.9 Å². The van der Waals surface area contributed by atoms with Crippen molar-refractivity contribution in [3.63, 3.8) is 0 Å². The number of amides is 1. The van der Waals surface area contributed by atoms with E-state index in [0.717, 1.165) is 16.0 Å². The number of carbonyl (C=O) groups is 1. The number of furan rings is 2. The molecule has 0 atom stereocenters. The standard InChI is InChI=1S/C31H23NO6/c33-31(34)32(27-19-37-29-15-23(11-13-25(27)29)35-17-21-7-3-1-4-8-21)28-20-38-30-16-24(12-14-26(28)30)36-18-22-9-5-2-6-10-22/h1-16,19-20H,17-18H2,(H,33,34). The molecule has 6 rings (SSSR count). The van der Waals surface area contributed by atoms with Gasteiger partial charge in [-0.2, -0.15) is 0 Å². The number of anilines is 2. The largest absolute Gasteiger partial charge is 0.489 e. The molecule has 6 aromatic rings. The van der Waals surface area contributed by atoms with Crippen LogP contribution in [-0.2, 0) is 13.2 Å². The molecular formula is C31H23NO6. The van der Waals surface area contributed by atoms with Crippen LogP contribution in [0.15, 0.2) is 118 Å². The molecule has 7 nitrogen and oxygen atoms in total. The highest BCUT2D eigenvalue weighted by Gasteiger charge is 2.25. The molecule has 38 heavy (non-hydrogen) atoms. The van der Waals surface area contributed by atoms with Crippen molar-refractivity contribution in [1.82, 2.24) is 0 Å². The summed E-state index contributed by atoms with van der Waals surface area (Å²) in [7, 11) is 0. The predicted octanol–water partition coefficient (Wildman–Crippen LogP) is 8.15. The number of benzene rings is 4. The summed E-state index contributed by atoms with van der Waals surface area (Å²) in [6.07, 6.45) is 1.69. The molecule has 0 aliphatic carbocycles. The summed E-state index contributed by atoms with van der Waals surface area (Å²) in [5.74, 6) is 1.25. The van der Waals surface area contributed by atoms with Gasteiger partial charge in [0.25, 0.3) is 0 Å². The van der Waals surface area contributed by atoms with Gasteiger partial charge >= 0.3 is 6.09 Å². The van der Waals surface area contributed by atoms with Crippen molar-refractivity contribution in [3.05, 3.63) is 121 Å². The lowest BCUT2D eigenvalue weighted by atomic mass is 10.2. The smallest absolute Gasteiger partial charge is 0.416 e. The fourth-order valence-corrected chi connectivity index (χ4v) is 4.33. The lowest BCUT2D eigenvalue weighted by Crippen LogP contribution is -2.23. The highest BCUT2D eigenvalue weighted by Crippen LogP contribution is 2.40. The maximum atomic E-state index is 12.4. The van der Waals surface area contributed by atoms with Gasteiger partial charge in [-0.3, -0.25) is 0 Å².